The molecule has 0 spiro atoms. The van der Waals surface area contributed by atoms with Crippen LogP contribution in [0.3, 0.4) is 0 Å². The van der Waals surface area contributed by atoms with Crippen molar-refractivity contribution in [1.82, 2.24) is 0 Å². The third kappa shape index (κ3) is 3.27. The Hall–Kier alpha value is -3.14. The normalized spacial score (nSPS) is 10.5. The lowest BCUT2D eigenvalue weighted by molar-refractivity contribution is 1.13. The summed E-state index contributed by atoms with van der Waals surface area (Å²) in [6.07, 6.45) is 0.916. The first-order valence-electron chi connectivity index (χ1n) is 7.97. The van der Waals surface area contributed by atoms with Gasteiger partial charge in [-0.3, -0.25) is 0 Å². The number of aryl methyl sites for hydroxylation is 1. The molecule has 4 nitrogen and oxygen atoms in total. The van der Waals surface area contributed by atoms with Crippen molar-refractivity contribution in [3.05, 3.63) is 72.3 Å². The molecule has 0 radical (unpaired) electrons. The van der Waals surface area contributed by atoms with Crippen LogP contribution in [-0.2, 0) is 6.42 Å². The van der Waals surface area contributed by atoms with Crippen LogP contribution in [-0.4, -0.2) is 0 Å². The summed E-state index contributed by atoms with van der Waals surface area (Å²) in [6.45, 7) is 2.11. The zero-order chi connectivity index (χ0) is 17.1. The predicted octanol–water partition coefficient (Wildman–Crippen LogP) is 4.47. The van der Waals surface area contributed by atoms with E-state index in [1.165, 1.54) is 5.56 Å². The van der Waals surface area contributed by atoms with Crippen molar-refractivity contribution >= 4 is 34.1 Å². The van der Waals surface area contributed by atoms with Gasteiger partial charge in [-0.05, 0) is 60.5 Å². The number of nitrogen functional groups attached to an aromatic ring is 3. The van der Waals surface area contributed by atoms with E-state index in [2.05, 4.69) is 17.9 Å². The Balaban J connectivity index is 2.21. The molecular weight excluding hydrogens is 296 g/mol. The van der Waals surface area contributed by atoms with Gasteiger partial charge >= 0.3 is 0 Å². The van der Waals surface area contributed by atoms with E-state index in [0.717, 1.165) is 29.2 Å². The largest absolute Gasteiger partial charge is 0.399 e. The van der Waals surface area contributed by atoms with Gasteiger partial charge in [0.25, 0.3) is 0 Å². The summed E-state index contributed by atoms with van der Waals surface area (Å²) < 4.78 is 0. The van der Waals surface area contributed by atoms with Crippen molar-refractivity contribution in [2.75, 3.05) is 22.1 Å². The fourth-order valence-corrected chi connectivity index (χ4v) is 2.85. The van der Waals surface area contributed by atoms with E-state index in [1.54, 1.807) is 6.07 Å². The zero-order valence-corrected chi connectivity index (χ0v) is 13.7. The molecule has 4 heteroatoms. The number of benzene rings is 3. The maximum absolute atomic E-state index is 6.11. The summed E-state index contributed by atoms with van der Waals surface area (Å²) in [5.41, 5.74) is 24.2. The monoisotopic (exact) mass is 318 g/mol. The van der Waals surface area contributed by atoms with Crippen molar-refractivity contribution in [3.63, 3.8) is 0 Å². The molecule has 0 heterocycles. The minimum absolute atomic E-state index is 0.630. The summed E-state index contributed by atoms with van der Waals surface area (Å²) >= 11 is 0. The van der Waals surface area contributed by atoms with Crippen LogP contribution in [0.5, 0.6) is 0 Å². The average molecular weight is 318 g/mol. The van der Waals surface area contributed by atoms with Gasteiger partial charge in [-0.1, -0.05) is 25.1 Å². The fraction of sp³-hybridized carbons (Fsp3) is 0.100. The highest BCUT2D eigenvalue weighted by Gasteiger charge is 2.14. The van der Waals surface area contributed by atoms with Gasteiger partial charge in [-0.2, -0.15) is 0 Å². The van der Waals surface area contributed by atoms with E-state index in [1.807, 2.05) is 54.6 Å². The smallest absolute Gasteiger partial charge is 0.0502 e. The Morgan fingerprint density at radius 1 is 0.667 bits per heavy atom. The molecule has 122 valence electrons. The Morgan fingerprint density at radius 3 is 1.79 bits per heavy atom. The van der Waals surface area contributed by atoms with Gasteiger partial charge in [0.1, 0.15) is 0 Å². The number of rotatable bonds is 4. The van der Waals surface area contributed by atoms with Crippen LogP contribution in [0, 0.1) is 0 Å². The average Bonchev–Trinajstić information content (AvgIpc) is 2.54. The summed E-state index contributed by atoms with van der Waals surface area (Å²) in [4.78, 5) is 2.11. The van der Waals surface area contributed by atoms with Crippen LogP contribution in [0.2, 0.25) is 0 Å². The lowest BCUT2D eigenvalue weighted by Crippen LogP contribution is -2.11. The molecule has 0 amide bonds. The van der Waals surface area contributed by atoms with Crippen LogP contribution in [0.15, 0.2) is 66.7 Å². The minimum atomic E-state index is 0.630. The summed E-state index contributed by atoms with van der Waals surface area (Å²) in [5.74, 6) is 0. The molecule has 0 atom stereocenters. The molecule has 0 saturated carbocycles. The third-order valence-corrected chi connectivity index (χ3v) is 3.90. The van der Waals surface area contributed by atoms with Crippen molar-refractivity contribution < 1.29 is 0 Å². The summed E-state index contributed by atoms with van der Waals surface area (Å²) in [5, 5.41) is 0. The maximum Gasteiger partial charge on any atom is 0.0502 e. The van der Waals surface area contributed by atoms with Crippen molar-refractivity contribution in [2.45, 2.75) is 13.3 Å². The van der Waals surface area contributed by atoms with Gasteiger partial charge in [0.05, 0.1) is 5.69 Å². The lowest BCUT2D eigenvalue weighted by Gasteiger charge is -2.26. The highest BCUT2D eigenvalue weighted by Crippen LogP contribution is 2.37. The van der Waals surface area contributed by atoms with Crippen molar-refractivity contribution in [2.24, 2.45) is 0 Å². The second-order valence-electron chi connectivity index (χ2n) is 5.82. The van der Waals surface area contributed by atoms with Crippen LogP contribution in [0.1, 0.15) is 12.5 Å². The van der Waals surface area contributed by atoms with Crippen LogP contribution in [0.4, 0.5) is 34.1 Å². The van der Waals surface area contributed by atoms with Crippen molar-refractivity contribution in [1.29, 1.82) is 0 Å². The molecule has 3 aromatic rings. The molecule has 3 aromatic carbocycles. The second-order valence-corrected chi connectivity index (χ2v) is 5.82. The number of anilines is 6. The molecule has 6 N–H and O–H groups in total. The third-order valence-electron chi connectivity index (χ3n) is 3.90. The minimum Gasteiger partial charge on any atom is -0.399 e. The highest BCUT2D eigenvalue weighted by molar-refractivity contribution is 5.81. The molecule has 0 aliphatic carbocycles. The van der Waals surface area contributed by atoms with E-state index < -0.39 is 0 Å². The molecular formula is C20H22N4. The zero-order valence-electron chi connectivity index (χ0n) is 13.7. The van der Waals surface area contributed by atoms with Crippen molar-refractivity contribution in [3.8, 4) is 0 Å². The van der Waals surface area contributed by atoms with E-state index in [0.29, 0.717) is 11.4 Å². The number of para-hydroxylation sites is 1. The summed E-state index contributed by atoms with van der Waals surface area (Å²) in [7, 11) is 0. The van der Waals surface area contributed by atoms with Gasteiger partial charge < -0.3 is 22.1 Å². The number of hydrogen-bond acceptors (Lipinski definition) is 4. The number of hydrogen-bond donors (Lipinski definition) is 3. The van der Waals surface area contributed by atoms with Gasteiger partial charge in [0.15, 0.2) is 0 Å². The molecule has 3 rings (SSSR count). The van der Waals surface area contributed by atoms with E-state index in [-0.39, 0.29) is 0 Å². The van der Waals surface area contributed by atoms with E-state index in [4.69, 9.17) is 17.2 Å². The summed E-state index contributed by atoms with van der Waals surface area (Å²) in [6, 6.07) is 21.8. The van der Waals surface area contributed by atoms with Gasteiger partial charge in [-0.15, -0.1) is 0 Å². The topological polar surface area (TPSA) is 81.3 Å². The van der Waals surface area contributed by atoms with Crippen LogP contribution in [0.25, 0.3) is 0 Å². The molecule has 0 fully saturated rings. The van der Waals surface area contributed by atoms with E-state index >= 15 is 0 Å². The van der Waals surface area contributed by atoms with Crippen LogP contribution < -0.4 is 22.1 Å². The quantitative estimate of drug-likeness (QED) is 0.620. The standard InChI is InChI=1S/C20H22N4/c1-2-14-8-15(21)11-19(9-14)24(18-6-4-3-5-7-18)20-12-16(22)10-17(23)13-20/h3-13H,2,21-23H2,1H3. The highest BCUT2D eigenvalue weighted by atomic mass is 15.1. The number of nitrogens with zero attached hydrogens (tertiary/aromatic N) is 1. The molecule has 0 aliphatic rings. The first-order valence-corrected chi connectivity index (χ1v) is 7.97. The SMILES string of the molecule is CCc1cc(N)cc(N(c2ccccc2)c2cc(N)cc(N)c2)c1. The second kappa shape index (κ2) is 6.54. The molecule has 0 bridgehead atoms. The van der Waals surface area contributed by atoms with Crippen LogP contribution >= 0.6 is 0 Å². The van der Waals surface area contributed by atoms with Gasteiger partial charge in [0.2, 0.25) is 0 Å². The molecule has 24 heavy (non-hydrogen) atoms. The fourth-order valence-electron chi connectivity index (χ4n) is 2.85. The Labute approximate surface area is 142 Å². The Bertz CT molecular complexity index is 823. The van der Waals surface area contributed by atoms with Gasteiger partial charge in [-0.25, -0.2) is 0 Å². The predicted molar refractivity (Wildman–Crippen MR) is 104 cm³/mol. The Kier molecular flexibility index (Phi) is 4.29. The molecule has 0 saturated heterocycles. The molecule has 0 aromatic heterocycles. The first kappa shape index (κ1) is 15.7. The van der Waals surface area contributed by atoms with Gasteiger partial charge in [0, 0.05) is 28.4 Å². The molecule has 0 aliphatic heterocycles. The number of nitrogens with two attached hydrogens (primary N) is 3. The Morgan fingerprint density at radius 2 is 1.21 bits per heavy atom. The van der Waals surface area contributed by atoms with E-state index in [9.17, 15) is 0 Å². The first-order chi connectivity index (χ1) is 11.6. The maximum atomic E-state index is 6.11. The lowest BCUT2D eigenvalue weighted by atomic mass is 10.1. The molecule has 0 unspecified atom stereocenters.